The Morgan fingerprint density at radius 3 is 2.32 bits per heavy atom. The fourth-order valence-electron chi connectivity index (χ4n) is 4.20. The maximum atomic E-state index is 13.1. The number of ether oxygens (including phenoxy) is 3. The molecule has 1 unspecified atom stereocenters. The quantitative estimate of drug-likeness (QED) is 0.180. The van der Waals surface area contributed by atoms with Gasteiger partial charge in [0.15, 0.2) is 5.78 Å². The van der Waals surface area contributed by atoms with Crippen molar-refractivity contribution in [2.75, 3.05) is 58.0 Å². The molecule has 1 atom stereocenters. The van der Waals surface area contributed by atoms with Gasteiger partial charge in [-0.25, -0.2) is 0 Å². The summed E-state index contributed by atoms with van der Waals surface area (Å²) in [5.74, 6) is -2.34. The highest BCUT2D eigenvalue weighted by atomic mass is 16.5. The van der Waals surface area contributed by atoms with Gasteiger partial charge in [0.1, 0.15) is 6.04 Å². The first kappa shape index (κ1) is 29.4. The molecular formula is C26H36N4O8. The van der Waals surface area contributed by atoms with Gasteiger partial charge in [-0.1, -0.05) is 6.07 Å². The second-order valence-corrected chi connectivity index (χ2v) is 9.00. The molecule has 0 radical (unpaired) electrons. The number of benzene rings is 1. The summed E-state index contributed by atoms with van der Waals surface area (Å²) in [7, 11) is 0. The zero-order valence-electron chi connectivity index (χ0n) is 21.5. The smallest absolute Gasteiger partial charge is 0.264 e. The largest absolute Gasteiger partial charge is 0.379 e. The third-order valence-corrected chi connectivity index (χ3v) is 6.18. The van der Waals surface area contributed by atoms with E-state index >= 15 is 0 Å². The van der Waals surface area contributed by atoms with Gasteiger partial charge in [0.2, 0.25) is 11.8 Å². The molecule has 12 heteroatoms. The Labute approximate surface area is 221 Å². The molecule has 208 valence electrons. The molecule has 2 aliphatic rings. The van der Waals surface area contributed by atoms with Crippen LogP contribution in [0.3, 0.4) is 0 Å². The second-order valence-electron chi connectivity index (χ2n) is 9.00. The van der Waals surface area contributed by atoms with E-state index in [1.165, 1.54) is 6.07 Å². The first-order valence-corrected chi connectivity index (χ1v) is 13.0. The molecule has 0 aliphatic carbocycles. The molecule has 1 aromatic carbocycles. The topological polar surface area (TPSA) is 166 Å². The van der Waals surface area contributed by atoms with E-state index in [4.69, 9.17) is 19.9 Å². The SMILES string of the molecule is NCCCOCCOCCOCCCCC(=O)CNc1cccc2c1C(=O)N(C1CCC(=O)NC1=O)C2=O. The van der Waals surface area contributed by atoms with Crippen molar-refractivity contribution < 1.29 is 38.2 Å². The van der Waals surface area contributed by atoms with Crippen molar-refractivity contribution >= 4 is 35.1 Å². The van der Waals surface area contributed by atoms with Crippen molar-refractivity contribution in [3.8, 4) is 0 Å². The number of unbranched alkanes of at least 4 members (excludes halogenated alkanes) is 1. The lowest BCUT2D eigenvalue weighted by Gasteiger charge is -2.27. The Kier molecular flexibility index (Phi) is 11.8. The number of imide groups is 2. The summed E-state index contributed by atoms with van der Waals surface area (Å²) >= 11 is 0. The Balaban J connectivity index is 1.34. The molecule has 0 aromatic heterocycles. The fourth-order valence-corrected chi connectivity index (χ4v) is 4.20. The lowest BCUT2D eigenvalue weighted by molar-refractivity contribution is -0.136. The van der Waals surface area contributed by atoms with Crippen LogP contribution in [0.2, 0.25) is 0 Å². The van der Waals surface area contributed by atoms with Gasteiger partial charge in [0.25, 0.3) is 11.8 Å². The van der Waals surface area contributed by atoms with Gasteiger partial charge in [0.05, 0.1) is 44.1 Å². The van der Waals surface area contributed by atoms with Crippen LogP contribution in [-0.4, -0.2) is 93.1 Å². The van der Waals surface area contributed by atoms with Gasteiger partial charge in [-0.05, 0) is 44.4 Å². The van der Waals surface area contributed by atoms with Crippen molar-refractivity contribution in [1.29, 1.82) is 0 Å². The number of hydrogen-bond donors (Lipinski definition) is 3. The monoisotopic (exact) mass is 532 g/mol. The third kappa shape index (κ3) is 8.15. The number of hydrogen-bond acceptors (Lipinski definition) is 10. The van der Waals surface area contributed by atoms with Gasteiger partial charge >= 0.3 is 0 Å². The predicted octanol–water partition coefficient (Wildman–Crippen LogP) is 0.638. The van der Waals surface area contributed by atoms with Gasteiger partial charge in [-0.2, -0.15) is 0 Å². The van der Waals surface area contributed by atoms with Crippen LogP contribution in [-0.2, 0) is 28.6 Å². The number of Topliss-reactive ketones (excluding diaryl/α,β-unsaturated/α-hetero) is 1. The number of rotatable bonds is 18. The summed E-state index contributed by atoms with van der Waals surface area (Å²) in [6.45, 7) is 3.77. The van der Waals surface area contributed by atoms with E-state index in [0.717, 1.165) is 17.7 Å². The highest BCUT2D eigenvalue weighted by Crippen LogP contribution is 2.32. The Bertz CT molecular complexity index is 1010. The molecule has 3 rings (SSSR count). The number of amides is 4. The average Bonchev–Trinajstić information content (AvgIpc) is 3.15. The first-order valence-electron chi connectivity index (χ1n) is 13.0. The summed E-state index contributed by atoms with van der Waals surface area (Å²) in [4.78, 5) is 62.9. The second kappa shape index (κ2) is 15.3. The first-order chi connectivity index (χ1) is 18.4. The minimum absolute atomic E-state index is 0.00160. The van der Waals surface area contributed by atoms with Crippen LogP contribution in [0.1, 0.15) is 59.2 Å². The van der Waals surface area contributed by atoms with Crippen molar-refractivity contribution in [3.63, 3.8) is 0 Å². The molecule has 0 saturated carbocycles. The molecule has 4 amide bonds. The number of nitrogens with zero attached hydrogens (tertiary/aromatic N) is 1. The van der Waals surface area contributed by atoms with E-state index < -0.39 is 29.7 Å². The van der Waals surface area contributed by atoms with Crippen molar-refractivity contribution in [2.24, 2.45) is 5.73 Å². The molecule has 1 aromatic rings. The van der Waals surface area contributed by atoms with Crippen LogP contribution in [0.25, 0.3) is 0 Å². The molecule has 1 saturated heterocycles. The Hall–Kier alpha value is -3.19. The molecule has 1 fully saturated rings. The molecule has 12 nitrogen and oxygen atoms in total. The predicted molar refractivity (Wildman–Crippen MR) is 137 cm³/mol. The standard InChI is InChI=1S/C26H36N4O8/c27-10-4-12-37-14-16-38-15-13-36-11-2-1-5-18(31)17-28-20-7-3-6-19-23(20)26(35)30(25(19)34)21-8-9-22(32)29-24(21)33/h3,6-7,21,28H,1-2,4-5,8-17,27H2,(H,29,32,33). The minimum Gasteiger partial charge on any atom is -0.379 e. The fraction of sp³-hybridized carbons (Fsp3) is 0.577. The van der Waals surface area contributed by atoms with Crippen molar-refractivity contribution in [1.82, 2.24) is 10.2 Å². The van der Waals surface area contributed by atoms with E-state index in [9.17, 15) is 24.0 Å². The van der Waals surface area contributed by atoms with Crippen LogP contribution in [0, 0.1) is 0 Å². The Morgan fingerprint density at radius 1 is 0.947 bits per heavy atom. The molecule has 0 spiro atoms. The molecule has 0 bridgehead atoms. The number of carbonyl (C=O) groups excluding carboxylic acids is 5. The highest BCUT2D eigenvalue weighted by Gasteiger charge is 2.45. The summed E-state index contributed by atoms with van der Waals surface area (Å²) in [5, 5.41) is 5.14. The minimum atomic E-state index is -1.04. The summed E-state index contributed by atoms with van der Waals surface area (Å²) in [6, 6.07) is 3.70. The number of nitrogens with one attached hydrogen (secondary N) is 2. The molecule has 2 heterocycles. The molecular weight excluding hydrogens is 496 g/mol. The maximum Gasteiger partial charge on any atom is 0.264 e. The highest BCUT2D eigenvalue weighted by molar-refractivity contribution is 6.25. The van der Waals surface area contributed by atoms with E-state index in [1.807, 2.05) is 0 Å². The number of fused-ring (bicyclic) bond motifs is 1. The summed E-state index contributed by atoms with van der Waals surface area (Å²) in [6.07, 6.45) is 2.69. The van der Waals surface area contributed by atoms with Crippen molar-refractivity contribution in [3.05, 3.63) is 29.3 Å². The van der Waals surface area contributed by atoms with Gasteiger partial charge < -0.3 is 25.3 Å². The zero-order valence-corrected chi connectivity index (χ0v) is 21.5. The van der Waals surface area contributed by atoms with Crippen molar-refractivity contribution in [2.45, 2.75) is 44.6 Å². The van der Waals surface area contributed by atoms with E-state index in [1.54, 1.807) is 12.1 Å². The molecule has 4 N–H and O–H groups in total. The number of anilines is 1. The normalized spacial score (nSPS) is 17.1. The third-order valence-electron chi connectivity index (χ3n) is 6.18. The maximum absolute atomic E-state index is 13.1. The summed E-state index contributed by atoms with van der Waals surface area (Å²) in [5.41, 5.74) is 6.04. The van der Waals surface area contributed by atoms with Crippen LogP contribution < -0.4 is 16.4 Å². The van der Waals surface area contributed by atoms with Crippen LogP contribution >= 0.6 is 0 Å². The zero-order chi connectivity index (χ0) is 27.3. The Morgan fingerprint density at radius 2 is 1.63 bits per heavy atom. The number of ketones is 1. The summed E-state index contributed by atoms with van der Waals surface area (Å²) < 4.78 is 16.2. The van der Waals surface area contributed by atoms with E-state index in [2.05, 4.69) is 10.6 Å². The molecule has 2 aliphatic heterocycles. The van der Waals surface area contributed by atoms with Crippen LogP contribution in [0.4, 0.5) is 5.69 Å². The van der Waals surface area contributed by atoms with E-state index in [0.29, 0.717) is 64.7 Å². The molecule has 38 heavy (non-hydrogen) atoms. The van der Waals surface area contributed by atoms with Crippen LogP contribution in [0.5, 0.6) is 0 Å². The lowest BCUT2D eigenvalue weighted by atomic mass is 10.0. The average molecular weight is 533 g/mol. The number of nitrogens with two attached hydrogens (primary N) is 1. The van der Waals surface area contributed by atoms with Gasteiger partial charge in [0, 0.05) is 31.7 Å². The van der Waals surface area contributed by atoms with E-state index in [-0.39, 0.29) is 36.3 Å². The van der Waals surface area contributed by atoms with Gasteiger partial charge in [-0.15, -0.1) is 0 Å². The van der Waals surface area contributed by atoms with Crippen LogP contribution in [0.15, 0.2) is 18.2 Å². The van der Waals surface area contributed by atoms with Gasteiger partial charge in [-0.3, -0.25) is 34.2 Å². The lowest BCUT2D eigenvalue weighted by Crippen LogP contribution is -2.54. The number of piperidine rings is 1. The number of carbonyl (C=O) groups is 5.